The van der Waals surface area contributed by atoms with Gasteiger partial charge in [0.2, 0.25) is 11.7 Å². The number of rotatable bonds is 2. The van der Waals surface area contributed by atoms with E-state index in [-0.39, 0.29) is 22.8 Å². The van der Waals surface area contributed by atoms with Crippen LogP contribution in [0.5, 0.6) is 0 Å². The summed E-state index contributed by atoms with van der Waals surface area (Å²) in [5, 5.41) is 9.12. The van der Waals surface area contributed by atoms with Crippen LogP contribution in [0.4, 0.5) is 5.95 Å². The van der Waals surface area contributed by atoms with Gasteiger partial charge in [0.1, 0.15) is 11.8 Å². The highest BCUT2D eigenvalue weighted by molar-refractivity contribution is 5.98. The largest absolute Gasteiger partial charge is 0.385 e. The SMILES string of the molecule is C[C@H](O)C(=O)c1cnc2nc(N)[nH]c(=O)c2n1. The average Bonchev–Trinajstić information content (AvgIpc) is 2.27. The van der Waals surface area contributed by atoms with E-state index < -0.39 is 17.4 Å². The molecule has 17 heavy (non-hydrogen) atoms. The van der Waals surface area contributed by atoms with Crippen LogP contribution in [-0.2, 0) is 0 Å². The number of aliphatic hydroxyl groups excluding tert-OH is 1. The number of aliphatic hydroxyl groups is 1. The Kier molecular flexibility index (Phi) is 2.56. The molecule has 0 aromatic carbocycles. The molecule has 0 bridgehead atoms. The Bertz CT molecular complexity index is 649. The molecular weight excluding hydrogens is 226 g/mol. The maximum absolute atomic E-state index is 11.5. The predicted octanol–water partition coefficient (Wildman–Crippen LogP) is -1.14. The number of aromatic amines is 1. The molecule has 0 aliphatic heterocycles. The number of nitrogens with one attached hydrogen (secondary N) is 1. The number of carbonyl (C=O) groups excluding carboxylic acids is 1. The summed E-state index contributed by atoms with van der Waals surface area (Å²) in [6, 6.07) is 0. The van der Waals surface area contributed by atoms with Gasteiger partial charge in [-0.25, -0.2) is 9.97 Å². The van der Waals surface area contributed by atoms with Gasteiger partial charge in [0.25, 0.3) is 5.56 Å². The normalized spacial score (nSPS) is 12.6. The first-order valence-electron chi connectivity index (χ1n) is 4.74. The smallest absolute Gasteiger partial charge is 0.280 e. The minimum atomic E-state index is -1.21. The molecule has 0 fully saturated rings. The van der Waals surface area contributed by atoms with E-state index in [9.17, 15) is 9.59 Å². The lowest BCUT2D eigenvalue weighted by molar-refractivity contribution is 0.0774. The van der Waals surface area contributed by atoms with Gasteiger partial charge in [-0.2, -0.15) is 4.98 Å². The topological polar surface area (TPSA) is 135 Å². The molecule has 1 atom stereocenters. The van der Waals surface area contributed by atoms with Crippen LogP contribution in [-0.4, -0.2) is 36.9 Å². The van der Waals surface area contributed by atoms with Gasteiger partial charge in [-0.3, -0.25) is 14.6 Å². The van der Waals surface area contributed by atoms with E-state index >= 15 is 0 Å². The number of hydrogen-bond acceptors (Lipinski definition) is 7. The summed E-state index contributed by atoms with van der Waals surface area (Å²) in [5.41, 5.74) is 4.61. The van der Waals surface area contributed by atoms with Crippen molar-refractivity contribution >= 4 is 22.9 Å². The highest BCUT2D eigenvalue weighted by Crippen LogP contribution is 2.05. The zero-order chi connectivity index (χ0) is 12.6. The number of ketones is 1. The number of H-pyrrole nitrogens is 1. The average molecular weight is 235 g/mol. The van der Waals surface area contributed by atoms with Gasteiger partial charge in [-0.05, 0) is 6.92 Å². The molecule has 8 heteroatoms. The lowest BCUT2D eigenvalue weighted by atomic mass is 10.2. The Morgan fingerprint density at radius 1 is 1.53 bits per heavy atom. The number of nitrogen functional groups attached to an aromatic ring is 1. The zero-order valence-corrected chi connectivity index (χ0v) is 8.84. The Balaban J connectivity index is 2.66. The molecular formula is C9H9N5O3. The van der Waals surface area contributed by atoms with Crippen LogP contribution in [0.25, 0.3) is 11.2 Å². The van der Waals surface area contributed by atoms with E-state index in [2.05, 4.69) is 19.9 Å². The molecule has 8 nitrogen and oxygen atoms in total. The molecule has 0 saturated heterocycles. The van der Waals surface area contributed by atoms with Crippen LogP contribution in [0, 0.1) is 0 Å². The van der Waals surface area contributed by atoms with Gasteiger partial charge in [-0.15, -0.1) is 0 Å². The van der Waals surface area contributed by atoms with Crippen LogP contribution in [0.3, 0.4) is 0 Å². The number of aromatic nitrogens is 4. The van der Waals surface area contributed by atoms with Crippen molar-refractivity contribution in [1.82, 2.24) is 19.9 Å². The number of Topliss-reactive ketones (excluding diaryl/α,β-unsaturated/α-hetero) is 1. The van der Waals surface area contributed by atoms with Gasteiger partial charge < -0.3 is 10.8 Å². The van der Waals surface area contributed by atoms with Crippen LogP contribution in [0.2, 0.25) is 0 Å². The predicted molar refractivity (Wildman–Crippen MR) is 58.4 cm³/mol. The molecule has 0 aliphatic rings. The molecule has 0 aliphatic carbocycles. The van der Waals surface area contributed by atoms with Gasteiger partial charge >= 0.3 is 0 Å². The van der Waals surface area contributed by atoms with Crippen molar-refractivity contribution in [3.63, 3.8) is 0 Å². The summed E-state index contributed by atoms with van der Waals surface area (Å²) >= 11 is 0. The summed E-state index contributed by atoms with van der Waals surface area (Å²) in [5.74, 6) is -0.693. The molecule has 88 valence electrons. The third kappa shape index (κ3) is 1.97. The van der Waals surface area contributed by atoms with Crippen molar-refractivity contribution in [1.29, 1.82) is 0 Å². The fourth-order valence-corrected chi connectivity index (χ4v) is 1.27. The minimum absolute atomic E-state index is 0.0494. The van der Waals surface area contributed by atoms with E-state index in [0.717, 1.165) is 6.20 Å². The van der Waals surface area contributed by atoms with Crippen LogP contribution >= 0.6 is 0 Å². The van der Waals surface area contributed by atoms with Gasteiger partial charge in [0, 0.05) is 0 Å². The number of nitrogens with zero attached hydrogens (tertiary/aromatic N) is 3. The number of nitrogens with two attached hydrogens (primary N) is 1. The molecule has 0 saturated carbocycles. The Labute approximate surface area is 94.5 Å². The lowest BCUT2D eigenvalue weighted by Crippen LogP contribution is -2.20. The summed E-state index contributed by atoms with van der Waals surface area (Å²) in [7, 11) is 0. The van der Waals surface area contributed by atoms with Crippen molar-refractivity contribution < 1.29 is 9.90 Å². The molecule has 0 unspecified atom stereocenters. The van der Waals surface area contributed by atoms with Crippen molar-refractivity contribution in [2.75, 3.05) is 5.73 Å². The molecule has 4 N–H and O–H groups in total. The summed E-state index contributed by atoms with van der Waals surface area (Å²) in [6.07, 6.45) is -0.0638. The second kappa shape index (κ2) is 3.91. The number of anilines is 1. The molecule has 0 radical (unpaired) electrons. The highest BCUT2D eigenvalue weighted by Gasteiger charge is 2.16. The minimum Gasteiger partial charge on any atom is -0.385 e. The van der Waals surface area contributed by atoms with Crippen molar-refractivity contribution in [2.45, 2.75) is 13.0 Å². The summed E-state index contributed by atoms with van der Waals surface area (Å²) < 4.78 is 0. The van der Waals surface area contributed by atoms with Crippen LogP contribution in [0.15, 0.2) is 11.0 Å². The fraction of sp³-hybridized carbons (Fsp3) is 0.222. The molecule has 2 aromatic heterocycles. The molecule has 2 heterocycles. The van der Waals surface area contributed by atoms with Crippen LogP contribution < -0.4 is 11.3 Å². The second-order valence-electron chi connectivity index (χ2n) is 3.42. The van der Waals surface area contributed by atoms with Crippen molar-refractivity contribution in [3.8, 4) is 0 Å². The Morgan fingerprint density at radius 2 is 2.24 bits per heavy atom. The van der Waals surface area contributed by atoms with E-state index in [4.69, 9.17) is 10.8 Å². The highest BCUT2D eigenvalue weighted by atomic mass is 16.3. The van der Waals surface area contributed by atoms with E-state index in [0.29, 0.717) is 0 Å². The number of carbonyl (C=O) groups is 1. The zero-order valence-electron chi connectivity index (χ0n) is 8.84. The summed E-state index contributed by atoms with van der Waals surface area (Å²) in [6.45, 7) is 1.31. The monoisotopic (exact) mass is 235 g/mol. The summed E-state index contributed by atoms with van der Waals surface area (Å²) in [4.78, 5) is 36.6. The van der Waals surface area contributed by atoms with Gasteiger partial charge in [0.05, 0.1) is 6.20 Å². The first-order valence-corrected chi connectivity index (χ1v) is 4.74. The molecule has 2 rings (SSSR count). The van der Waals surface area contributed by atoms with Crippen LogP contribution in [0.1, 0.15) is 17.4 Å². The first kappa shape index (κ1) is 11.1. The van der Waals surface area contributed by atoms with E-state index in [1.54, 1.807) is 0 Å². The third-order valence-corrected chi connectivity index (χ3v) is 2.07. The van der Waals surface area contributed by atoms with Gasteiger partial charge in [-0.1, -0.05) is 0 Å². The quantitative estimate of drug-likeness (QED) is 0.560. The Hall–Kier alpha value is -2.35. The second-order valence-corrected chi connectivity index (χ2v) is 3.42. The standard InChI is InChI=1S/C9H9N5O3/c1-3(15)6(16)4-2-11-7-5(12-4)8(17)14-9(10)13-7/h2-3,15H,1H3,(H3,10,11,13,14,17)/t3-/m0/s1. The number of hydrogen-bond donors (Lipinski definition) is 3. The third-order valence-electron chi connectivity index (χ3n) is 2.07. The molecule has 0 spiro atoms. The van der Waals surface area contributed by atoms with Gasteiger partial charge in [0.15, 0.2) is 11.2 Å². The van der Waals surface area contributed by atoms with Crippen molar-refractivity contribution in [2.24, 2.45) is 0 Å². The fourth-order valence-electron chi connectivity index (χ4n) is 1.27. The maximum Gasteiger partial charge on any atom is 0.280 e. The first-order chi connectivity index (χ1) is 7.99. The van der Waals surface area contributed by atoms with E-state index in [1.807, 2.05) is 0 Å². The van der Waals surface area contributed by atoms with Crippen molar-refractivity contribution in [3.05, 3.63) is 22.2 Å². The number of fused-ring (bicyclic) bond motifs is 1. The lowest BCUT2D eigenvalue weighted by Gasteiger charge is -2.03. The van der Waals surface area contributed by atoms with E-state index in [1.165, 1.54) is 6.92 Å². The Morgan fingerprint density at radius 3 is 2.88 bits per heavy atom. The molecule has 0 amide bonds. The molecule has 2 aromatic rings. The maximum atomic E-state index is 11.5.